The van der Waals surface area contributed by atoms with E-state index in [0.717, 1.165) is 42.7 Å². The number of benzene rings is 1. The van der Waals surface area contributed by atoms with Crippen molar-refractivity contribution in [3.63, 3.8) is 0 Å². The lowest BCUT2D eigenvalue weighted by atomic mass is 9.94. The minimum Gasteiger partial charge on any atom is -0.385 e. The number of ether oxygens (including phenoxy) is 1. The van der Waals surface area contributed by atoms with Crippen molar-refractivity contribution in [2.24, 2.45) is 11.7 Å². The summed E-state index contributed by atoms with van der Waals surface area (Å²) in [4.78, 5) is 20.3. The molecule has 2 N–H and O–H groups in total. The van der Waals surface area contributed by atoms with E-state index in [-0.39, 0.29) is 24.9 Å². The van der Waals surface area contributed by atoms with Gasteiger partial charge in [-0.25, -0.2) is 13.4 Å². The Morgan fingerprint density at radius 1 is 1.24 bits per heavy atom. The summed E-state index contributed by atoms with van der Waals surface area (Å²) in [6, 6.07) is 7.65. The quantitative estimate of drug-likeness (QED) is 0.564. The van der Waals surface area contributed by atoms with Gasteiger partial charge in [0, 0.05) is 58.4 Å². The summed E-state index contributed by atoms with van der Waals surface area (Å²) in [5.41, 5.74) is 8.35. The zero-order valence-corrected chi connectivity index (χ0v) is 21.2. The second kappa shape index (κ2) is 10.3. The number of aryl methyl sites for hydroxylation is 1. The number of aromatic nitrogens is 2. The van der Waals surface area contributed by atoms with Crippen LogP contribution >= 0.6 is 0 Å². The van der Waals surface area contributed by atoms with Crippen molar-refractivity contribution in [2.75, 3.05) is 39.9 Å². The number of para-hydroxylation sites is 2. The van der Waals surface area contributed by atoms with Crippen LogP contribution in [0.1, 0.15) is 44.9 Å². The first kappa shape index (κ1) is 25.1. The SMILES string of the molecule is COCCCn1c([C@@H]2CCCN(C(=O)[C@@H]3CN(S(=O)(=O)C(C)C)C[C@H]3N)C2)nc2ccccc21. The molecule has 10 heteroatoms. The van der Waals surface area contributed by atoms with E-state index < -0.39 is 27.2 Å². The molecule has 2 fully saturated rings. The number of methoxy groups -OCH3 is 1. The highest BCUT2D eigenvalue weighted by atomic mass is 32.2. The number of hydrogen-bond donors (Lipinski definition) is 1. The molecule has 3 atom stereocenters. The van der Waals surface area contributed by atoms with Gasteiger partial charge in [0.2, 0.25) is 15.9 Å². The molecule has 1 aromatic carbocycles. The molecule has 34 heavy (non-hydrogen) atoms. The lowest BCUT2D eigenvalue weighted by molar-refractivity contribution is -0.136. The maximum atomic E-state index is 13.5. The normalized spacial score (nSPS) is 24.4. The molecule has 2 aliphatic heterocycles. The van der Waals surface area contributed by atoms with Gasteiger partial charge in [0.15, 0.2) is 0 Å². The van der Waals surface area contributed by atoms with Gasteiger partial charge in [-0.05, 0) is 45.2 Å². The Labute approximate surface area is 202 Å². The molecule has 188 valence electrons. The summed E-state index contributed by atoms with van der Waals surface area (Å²) in [5, 5.41) is -0.529. The highest BCUT2D eigenvalue weighted by Gasteiger charge is 2.43. The number of carbonyl (C=O) groups is 1. The molecule has 4 rings (SSSR count). The Morgan fingerprint density at radius 3 is 2.74 bits per heavy atom. The Balaban J connectivity index is 1.52. The fraction of sp³-hybridized carbons (Fsp3) is 0.667. The minimum absolute atomic E-state index is 0.0410. The van der Waals surface area contributed by atoms with Crippen molar-refractivity contribution in [3.05, 3.63) is 30.1 Å². The number of amides is 1. The van der Waals surface area contributed by atoms with Crippen molar-refractivity contribution in [2.45, 2.75) is 56.9 Å². The third-order valence-corrected chi connectivity index (χ3v) is 9.33. The molecule has 0 saturated carbocycles. The van der Waals surface area contributed by atoms with E-state index in [9.17, 15) is 13.2 Å². The van der Waals surface area contributed by atoms with Crippen LogP contribution in [-0.2, 0) is 26.1 Å². The van der Waals surface area contributed by atoms with Gasteiger partial charge >= 0.3 is 0 Å². The van der Waals surface area contributed by atoms with Crippen LogP contribution in [0.4, 0.5) is 0 Å². The molecule has 0 aliphatic carbocycles. The zero-order valence-electron chi connectivity index (χ0n) is 20.4. The molecular formula is C24H37N5O4S. The average Bonchev–Trinajstić information content (AvgIpc) is 3.40. The van der Waals surface area contributed by atoms with Gasteiger partial charge in [-0.1, -0.05) is 12.1 Å². The van der Waals surface area contributed by atoms with E-state index in [2.05, 4.69) is 10.6 Å². The molecule has 1 aromatic heterocycles. The van der Waals surface area contributed by atoms with E-state index in [1.165, 1.54) is 4.31 Å². The Morgan fingerprint density at radius 2 is 2.00 bits per heavy atom. The molecule has 0 bridgehead atoms. The van der Waals surface area contributed by atoms with Gasteiger partial charge in [0.1, 0.15) is 5.82 Å². The molecular weight excluding hydrogens is 454 g/mol. The van der Waals surface area contributed by atoms with E-state index in [1.54, 1.807) is 21.0 Å². The summed E-state index contributed by atoms with van der Waals surface area (Å²) >= 11 is 0. The fourth-order valence-electron chi connectivity index (χ4n) is 5.19. The highest BCUT2D eigenvalue weighted by Crippen LogP contribution is 2.31. The van der Waals surface area contributed by atoms with Gasteiger partial charge in [-0.15, -0.1) is 0 Å². The van der Waals surface area contributed by atoms with Crippen LogP contribution < -0.4 is 5.73 Å². The standard InChI is InChI=1S/C24H37N5O4S/c1-17(2)34(31,32)28-15-19(20(25)16-28)24(30)27-11-6-8-18(14-27)23-26-21-9-4-5-10-22(21)29(23)12-7-13-33-3/h4-5,9-10,17-20H,6-8,11-16,25H2,1-3H3/t18-,19-,20-/m1/s1. The Kier molecular flexibility index (Phi) is 7.61. The Bertz CT molecular complexity index is 1120. The molecule has 0 unspecified atom stereocenters. The number of nitrogens with zero attached hydrogens (tertiary/aromatic N) is 4. The predicted molar refractivity (Wildman–Crippen MR) is 132 cm³/mol. The van der Waals surface area contributed by atoms with Crippen molar-refractivity contribution >= 4 is 27.0 Å². The molecule has 9 nitrogen and oxygen atoms in total. The Hall–Kier alpha value is -2.01. The van der Waals surface area contributed by atoms with Crippen molar-refractivity contribution in [1.29, 1.82) is 0 Å². The van der Waals surface area contributed by atoms with Crippen molar-refractivity contribution < 1.29 is 17.9 Å². The van der Waals surface area contributed by atoms with Gasteiger partial charge < -0.3 is 19.9 Å². The van der Waals surface area contributed by atoms with E-state index in [0.29, 0.717) is 19.7 Å². The first-order valence-electron chi connectivity index (χ1n) is 12.2. The topological polar surface area (TPSA) is 111 Å². The second-order valence-electron chi connectivity index (χ2n) is 9.76. The summed E-state index contributed by atoms with van der Waals surface area (Å²) in [6.45, 7) is 6.40. The number of rotatable bonds is 8. The number of fused-ring (bicyclic) bond motifs is 1. The molecule has 2 saturated heterocycles. The lowest BCUT2D eigenvalue weighted by Crippen LogP contribution is -2.47. The number of imidazole rings is 1. The summed E-state index contributed by atoms with van der Waals surface area (Å²) in [7, 11) is -1.73. The number of likely N-dealkylation sites (tertiary alicyclic amines) is 1. The van der Waals surface area contributed by atoms with Crippen LogP contribution in [0.2, 0.25) is 0 Å². The molecule has 2 aromatic rings. The maximum Gasteiger partial charge on any atom is 0.228 e. The largest absolute Gasteiger partial charge is 0.385 e. The monoisotopic (exact) mass is 491 g/mol. The van der Waals surface area contributed by atoms with Gasteiger partial charge in [-0.2, -0.15) is 4.31 Å². The molecule has 0 radical (unpaired) electrons. The summed E-state index contributed by atoms with van der Waals surface area (Å²) in [6.07, 6.45) is 2.73. The third kappa shape index (κ3) is 4.86. The third-order valence-electron chi connectivity index (χ3n) is 7.12. The number of piperidine rings is 1. The number of nitrogens with two attached hydrogens (primary N) is 1. The van der Waals surface area contributed by atoms with Gasteiger partial charge in [-0.3, -0.25) is 4.79 Å². The van der Waals surface area contributed by atoms with E-state index >= 15 is 0 Å². The molecule has 2 aliphatic rings. The molecule has 0 spiro atoms. The fourth-order valence-corrected chi connectivity index (χ4v) is 6.53. The summed E-state index contributed by atoms with van der Waals surface area (Å²) < 4.78 is 34.1. The minimum atomic E-state index is -3.43. The molecule has 1 amide bonds. The zero-order chi connectivity index (χ0) is 24.5. The maximum absolute atomic E-state index is 13.5. The van der Waals surface area contributed by atoms with Crippen LogP contribution in [0.5, 0.6) is 0 Å². The van der Waals surface area contributed by atoms with Crippen molar-refractivity contribution in [1.82, 2.24) is 18.8 Å². The average molecular weight is 492 g/mol. The highest BCUT2D eigenvalue weighted by molar-refractivity contribution is 7.89. The number of hydrogen-bond acceptors (Lipinski definition) is 6. The van der Waals surface area contributed by atoms with Gasteiger partial charge in [0.05, 0.1) is 22.2 Å². The second-order valence-corrected chi connectivity index (χ2v) is 12.3. The predicted octanol–water partition coefficient (Wildman–Crippen LogP) is 1.78. The van der Waals surface area contributed by atoms with Crippen LogP contribution in [0.3, 0.4) is 0 Å². The van der Waals surface area contributed by atoms with E-state index in [1.807, 2.05) is 23.1 Å². The number of sulfonamides is 1. The van der Waals surface area contributed by atoms with Crippen LogP contribution in [0.15, 0.2) is 24.3 Å². The van der Waals surface area contributed by atoms with E-state index in [4.69, 9.17) is 15.5 Å². The van der Waals surface area contributed by atoms with Crippen molar-refractivity contribution in [3.8, 4) is 0 Å². The smallest absolute Gasteiger partial charge is 0.228 e. The van der Waals surface area contributed by atoms with Crippen LogP contribution in [0.25, 0.3) is 11.0 Å². The van der Waals surface area contributed by atoms with Crippen LogP contribution in [-0.4, -0.2) is 84.3 Å². The first-order chi connectivity index (χ1) is 16.2. The van der Waals surface area contributed by atoms with Crippen LogP contribution in [0, 0.1) is 5.92 Å². The first-order valence-corrected chi connectivity index (χ1v) is 13.7. The lowest BCUT2D eigenvalue weighted by Gasteiger charge is -2.35. The van der Waals surface area contributed by atoms with Gasteiger partial charge in [0.25, 0.3) is 0 Å². The number of carbonyl (C=O) groups excluding carboxylic acids is 1. The summed E-state index contributed by atoms with van der Waals surface area (Å²) in [5.74, 6) is 0.587. The molecule has 3 heterocycles.